The minimum absolute atomic E-state index is 0.0918. The first-order valence-electron chi connectivity index (χ1n) is 11.4. The van der Waals surface area contributed by atoms with Crippen LogP contribution in [0.3, 0.4) is 0 Å². The Bertz CT molecular complexity index is 1320. The Morgan fingerprint density at radius 3 is 1.17 bits per heavy atom. The Morgan fingerprint density at radius 1 is 0.528 bits per heavy atom. The van der Waals surface area contributed by atoms with E-state index in [2.05, 4.69) is 22.5 Å². The van der Waals surface area contributed by atoms with Crippen molar-refractivity contribution < 1.29 is 9.59 Å². The lowest BCUT2D eigenvalue weighted by molar-refractivity contribution is -0.116. The molecule has 0 saturated heterocycles. The third-order valence-corrected chi connectivity index (χ3v) is 5.64. The lowest BCUT2D eigenvalue weighted by Crippen LogP contribution is -2.14. The van der Waals surface area contributed by atoms with Crippen LogP contribution in [-0.2, 0) is 22.4 Å². The average molecular weight is 469 g/mol. The summed E-state index contributed by atoms with van der Waals surface area (Å²) in [6, 6.07) is 30.1. The van der Waals surface area contributed by atoms with E-state index in [0.29, 0.717) is 11.4 Å². The van der Waals surface area contributed by atoms with Crippen LogP contribution in [0.25, 0.3) is 11.1 Å². The number of anilines is 2. The number of rotatable bonds is 7. The summed E-state index contributed by atoms with van der Waals surface area (Å²) < 4.78 is 0. The highest BCUT2D eigenvalue weighted by atomic mass is 16.2. The minimum Gasteiger partial charge on any atom is -0.326 e. The van der Waals surface area contributed by atoms with Gasteiger partial charge in [-0.05, 0) is 70.8 Å². The predicted octanol–water partition coefficient (Wildman–Crippen LogP) is 5.68. The van der Waals surface area contributed by atoms with E-state index in [-0.39, 0.29) is 24.7 Å². The average Bonchev–Trinajstić information content (AvgIpc) is 2.90. The molecule has 0 radical (unpaired) electrons. The molecule has 36 heavy (non-hydrogen) atoms. The molecule has 174 valence electrons. The van der Waals surface area contributed by atoms with Crippen molar-refractivity contribution in [3.8, 4) is 35.8 Å². The summed E-state index contributed by atoms with van der Waals surface area (Å²) in [7, 11) is 0. The number of carbonyl (C=O) groups excluding carboxylic acids is 2. The molecule has 0 spiro atoms. The van der Waals surface area contributed by atoms with Crippen molar-refractivity contribution >= 4 is 23.2 Å². The molecular weight excluding hydrogens is 444 g/mol. The van der Waals surface area contributed by atoms with Crippen molar-refractivity contribution in [1.82, 2.24) is 0 Å². The number of benzene rings is 4. The summed E-state index contributed by atoms with van der Waals surface area (Å²) in [5.74, 6) is 4.92. The molecular formula is C32H24N2O2. The van der Waals surface area contributed by atoms with Crippen LogP contribution in [-0.4, -0.2) is 11.8 Å². The lowest BCUT2D eigenvalue weighted by atomic mass is 10.0. The molecule has 4 aromatic rings. The Morgan fingerprint density at radius 2 is 0.861 bits per heavy atom. The summed E-state index contributed by atoms with van der Waals surface area (Å²) in [5.41, 5.74) is 6.87. The fourth-order valence-electron chi connectivity index (χ4n) is 3.71. The zero-order valence-corrected chi connectivity index (χ0v) is 19.6. The van der Waals surface area contributed by atoms with Crippen molar-refractivity contribution in [2.75, 3.05) is 10.6 Å². The molecule has 0 bridgehead atoms. The Labute approximate surface area is 211 Å². The first kappa shape index (κ1) is 24.1. The molecule has 4 nitrogen and oxygen atoms in total. The molecule has 4 rings (SSSR count). The summed E-state index contributed by atoms with van der Waals surface area (Å²) >= 11 is 0. The second-order valence-corrected chi connectivity index (χ2v) is 8.29. The van der Waals surface area contributed by atoms with Crippen LogP contribution in [0.5, 0.6) is 0 Å². The van der Waals surface area contributed by atoms with Crippen LogP contribution in [0.15, 0.2) is 97.1 Å². The van der Waals surface area contributed by atoms with Crippen LogP contribution in [0.1, 0.15) is 22.3 Å². The molecule has 0 saturated carbocycles. The number of hydrogen-bond acceptors (Lipinski definition) is 2. The highest BCUT2D eigenvalue weighted by Crippen LogP contribution is 2.21. The van der Waals surface area contributed by atoms with E-state index in [0.717, 1.165) is 33.4 Å². The van der Waals surface area contributed by atoms with Crippen molar-refractivity contribution in [2.45, 2.75) is 12.8 Å². The number of hydrogen-bond donors (Lipinski definition) is 2. The maximum atomic E-state index is 12.4. The quantitative estimate of drug-likeness (QED) is 0.343. The van der Waals surface area contributed by atoms with Crippen LogP contribution < -0.4 is 10.6 Å². The van der Waals surface area contributed by atoms with E-state index >= 15 is 0 Å². The zero-order chi connectivity index (χ0) is 25.3. The van der Waals surface area contributed by atoms with Gasteiger partial charge in [-0.15, -0.1) is 12.8 Å². The van der Waals surface area contributed by atoms with Gasteiger partial charge in [-0.25, -0.2) is 0 Å². The molecule has 0 aliphatic rings. The highest BCUT2D eigenvalue weighted by molar-refractivity contribution is 5.93. The van der Waals surface area contributed by atoms with Gasteiger partial charge in [0.2, 0.25) is 11.8 Å². The molecule has 0 atom stereocenters. The van der Waals surface area contributed by atoms with E-state index < -0.39 is 0 Å². The first-order valence-corrected chi connectivity index (χ1v) is 11.4. The molecule has 4 aromatic carbocycles. The SMILES string of the molecule is C#Cc1ccc(NC(=O)Cc2ccc(-c3ccc(CC(=O)Nc4ccc(C#C)cc4)cc3)cc2)cc1. The predicted molar refractivity (Wildman–Crippen MR) is 145 cm³/mol. The summed E-state index contributed by atoms with van der Waals surface area (Å²) in [5, 5.41) is 5.76. The maximum Gasteiger partial charge on any atom is 0.228 e. The van der Waals surface area contributed by atoms with Crippen LogP contribution >= 0.6 is 0 Å². The zero-order valence-electron chi connectivity index (χ0n) is 19.6. The third-order valence-electron chi connectivity index (χ3n) is 5.64. The van der Waals surface area contributed by atoms with Gasteiger partial charge in [-0.1, -0.05) is 60.4 Å². The van der Waals surface area contributed by atoms with Gasteiger partial charge in [0.15, 0.2) is 0 Å². The second-order valence-electron chi connectivity index (χ2n) is 8.29. The van der Waals surface area contributed by atoms with E-state index in [9.17, 15) is 9.59 Å². The normalized spacial score (nSPS) is 10.1. The molecule has 0 fully saturated rings. The number of nitrogens with one attached hydrogen (secondary N) is 2. The van der Waals surface area contributed by atoms with Gasteiger partial charge < -0.3 is 10.6 Å². The van der Waals surface area contributed by atoms with Gasteiger partial charge in [0.25, 0.3) is 0 Å². The standard InChI is InChI=1S/C32H24N2O2/c1-3-23-9-17-29(18-10-23)33-31(35)21-25-5-13-27(14-6-25)28-15-7-26(8-16-28)22-32(36)34-30-19-11-24(4-2)12-20-30/h1-2,5-20H,21-22H2,(H,33,35)(H,34,36). The first-order chi connectivity index (χ1) is 17.5. The molecule has 4 heteroatoms. The summed E-state index contributed by atoms with van der Waals surface area (Å²) in [6.07, 6.45) is 11.3. The number of terminal acetylenes is 2. The molecule has 0 unspecified atom stereocenters. The van der Waals surface area contributed by atoms with Gasteiger partial charge in [-0.3, -0.25) is 9.59 Å². The van der Waals surface area contributed by atoms with Crippen molar-refractivity contribution in [3.05, 3.63) is 119 Å². The summed E-state index contributed by atoms with van der Waals surface area (Å²) in [6.45, 7) is 0. The molecule has 2 amide bonds. The molecule has 0 aromatic heterocycles. The fourth-order valence-corrected chi connectivity index (χ4v) is 3.71. The molecule has 0 aliphatic heterocycles. The van der Waals surface area contributed by atoms with Crippen LogP contribution in [0.2, 0.25) is 0 Å². The summed E-state index contributed by atoms with van der Waals surface area (Å²) in [4.78, 5) is 24.7. The van der Waals surface area contributed by atoms with Crippen molar-refractivity contribution in [3.63, 3.8) is 0 Å². The molecule has 0 heterocycles. The Balaban J connectivity index is 1.31. The maximum absolute atomic E-state index is 12.4. The van der Waals surface area contributed by atoms with Gasteiger partial charge in [-0.2, -0.15) is 0 Å². The largest absolute Gasteiger partial charge is 0.326 e. The van der Waals surface area contributed by atoms with Crippen molar-refractivity contribution in [1.29, 1.82) is 0 Å². The van der Waals surface area contributed by atoms with Gasteiger partial charge in [0, 0.05) is 22.5 Å². The van der Waals surface area contributed by atoms with Gasteiger partial charge in [0.1, 0.15) is 0 Å². The fraction of sp³-hybridized carbons (Fsp3) is 0.0625. The number of carbonyl (C=O) groups is 2. The van der Waals surface area contributed by atoms with Crippen LogP contribution in [0, 0.1) is 24.7 Å². The topological polar surface area (TPSA) is 58.2 Å². The van der Waals surface area contributed by atoms with Gasteiger partial charge >= 0.3 is 0 Å². The highest BCUT2D eigenvalue weighted by Gasteiger charge is 2.07. The Hall–Kier alpha value is -5.06. The molecule has 2 N–H and O–H groups in total. The monoisotopic (exact) mass is 468 g/mol. The van der Waals surface area contributed by atoms with E-state index in [1.807, 2.05) is 48.5 Å². The van der Waals surface area contributed by atoms with Crippen LogP contribution in [0.4, 0.5) is 11.4 Å². The number of amides is 2. The van der Waals surface area contributed by atoms with E-state index in [1.165, 1.54) is 0 Å². The second kappa shape index (κ2) is 11.4. The third kappa shape index (κ3) is 6.50. The smallest absolute Gasteiger partial charge is 0.228 e. The van der Waals surface area contributed by atoms with Crippen molar-refractivity contribution in [2.24, 2.45) is 0 Å². The lowest BCUT2D eigenvalue weighted by Gasteiger charge is -2.08. The molecule has 0 aliphatic carbocycles. The van der Waals surface area contributed by atoms with Gasteiger partial charge in [0.05, 0.1) is 12.8 Å². The Kier molecular flexibility index (Phi) is 7.61. The minimum atomic E-state index is -0.0918. The van der Waals surface area contributed by atoms with E-state index in [4.69, 9.17) is 12.8 Å². The van der Waals surface area contributed by atoms with E-state index in [1.54, 1.807) is 48.5 Å².